The summed E-state index contributed by atoms with van der Waals surface area (Å²) in [5, 5.41) is 18.5. The number of halogens is 1. The molecule has 0 aromatic rings. The molecule has 0 aliphatic heterocycles. The van der Waals surface area contributed by atoms with Gasteiger partial charge in [0.2, 0.25) is 0 Å². The lowest BCUT2D eigenvalue weighted by molar-refractivity contribution is 0.146. The van der Waals surface area contributed by atoms with Gasteiger partial charge in [-0.2, -0.15) is 10.5 Å². The van der Waals surface area contributed by atoms with Crippen LogP contribution in [0.5, 0.6) is 0 Å². The molecule has 0 atom stereocenters. The predicted octanol–water partition coefficient (Wildman–Crippen LogP) is 2.68. The lowest BCUT2D eigenvalue weighted by atomic mass is 9.75. The third-order valence-corrected chi connectivity index (χ3v) is 4.53. The Morgan fingerprint density at radius 1 is 1.06 bits per heavy atom. The Kier molecular flexibility index (Phi) is 5.80. The molecular weight excluding hydrogens is 266 g/mol. The summed E-state index contributed by atoms with van der Waals surface area (Å²) in [6.45, 7) is 1.60. The van der Waals surface area contributed by atoms with E-state index in [9.17, 15) is 0 Å². The maximum absolute atomic E-state index is 8.74. The third kappa shape index (κ3) is 3.77. The molecule has 0 aromatic heterocycles. The standard InChI is InChI=1S/C12H18BrN3/c13-10-12(4-2-1-3-5-12)11-16(8-6-14)9-7-15/h1-5,8-11H2. The monoisotopic (exact) mass is 283 g/mol. The molecule has 0 aromatic carbocycles. The number of rotatable bonds is 5. The minimum absolute atomic E-state index is 0.284. The highest BCUT2D eigenvalue weighted by Gasteiger charge is 2.32. The Morgan fingerprint density at radius 3 is 2.06 bits per heavy atom. The Bertz CT molecular complexity index is 268. The van der Waals surface area contributed by atoms with Crippen molar-refractivity contribution in [3.8, 4) is 12.1 Å². The van der Waals surface area contributed by atoms with Gasteiger partial charge >= 0.3 is 0 Å². The third-order valence-electron chi connectivity index (χ3n) is 3.35. The second kappa shape index (κ2) is 6.89. The zero-order valence-corrected chi connectivity index (χ0v) is 11.2. The summed E-state index contributed by atoms with van der Waals surface area (Å²) >= 11 is 3.61. The Labute approximate surface area is 106 Å². The molecule has 1 saturated carbocycles. The summed E-state index contributed by atoms with van der Waals surface area (Å²) in [4.78, 5) is 1.96. The zero-order chi connectivity index (χ0) is 11.9. The van der Waals surface area contributed by atoms with Gasteiger partial charge in [-0.05, 0) is 18.3 Å². The van der Waals surface area contributed by atoms with E-state index in [1.807, 2.05) is 4.90 Å². The van der Waals surface area contributed by atoms with Crippen LogP contribution in [0.4, 0.5) is 0 Å². The van der Waals surface area contributed by atoms with E-state index in [2.05, 4.69) is 28.1 Å². The van der Waals surface area contributed by atoms with E-state index in [0.717, 1.165) is 11.9 Å². The lowest BCUT2D eigenvalue weighted by Crippen LogP contribution is -2.40. The van der Waals surface area contributed by atoms with E-state index in [1.165, 1.54) is 32.1 Å². The van der Waals surface area contributed by atoms with Crippen LogP contribution in [0.25, 0.3) is 0 Å². The second-order valence-corrected chi connectivity index (χ2v) is 5.22. The SMILES string of the molecule is N#CCN(CC#N)CC1(CBr)CCCCC1. The molecule has 0 saturated heterocycles. The topological polar surface area (TPSA) is 50.8 Å². The largest absolute Gasteiger partial charge is 0.277 e. The molecule has 1 fully saturated rings. The molecule has 1 rings (SSSR count). The minimum atomic E-state index is 0.284. The first-order valence-corrected chi connectivity index (χ1v) is 6.91. The average Bonchev–Trinajstić information content (AvgIpc) is 2.31. The fourth-order valence-electron chi connectivity index (χ4n) is 2.48. The van der Waals surface area contributed by atoms with Gasteiger partial charge in [-0.3, -0.25) is 4.90 Å². The van der Waals surface area contributed by atoms with Gasteiger partial charge in [0.05, 0.1) is 25.2 Å². The van der Waals surface area contributed by atoms with Crippen molar-refractivity contribution in [1.29, 1.82) is 10.5 Å². The van der Waals surface area contributed by atoms with Crippen LogP contribution in [0, 0.1) is 28.1 Å². The van der Waals surface area contributed by atoms with Crippen molar-refractivity contribution >= 4 is 15.9 Å². The van der Waals surface area contributed by atoms with Crippen LogP contribution in [0.15, 0.2) is 0 Å². The second-order valence-electron chi connectivity index (χ2n) is 4.66. The molecule has 16 heavy (non-hydrogen) atoms. The summed E-state index contributed by atoms with van der Waals surface area (Å²) in [6, 6.07) is 4.29. The summed E-state index contributed by atoms with van der Waals surface area (Å²) in [5.74, 6) is 0. The molecule has 0 unspecified atom stereocenters. The van der Waals surface area contributed by atoms with Crippen LogP contribution >= 0.6 is 15.9 Å². The van der Waals surface area contributed by atoms with Crippen molar-refractivity contribution in [2.24, 2.45) is 5.41 Å². The number of hydrogen-bond donors (Lipinski definition) is 0. The van der Waals surface area contributed by atoms with Gasteiger partial charge in [-0.15, -0.1) is 0 Å². The molecular formula is C12H18BrN3. The molecule has 88 valence electrons. The van der Waals surface area contributed by atoms with Crippen molar-refractivity contribution < 1.29 is 0 Å². The fourth-order valence-corrected chi connectivity index (χ4v) is 3.22. The van der Waals surface area contributed by atoms with Crippen LogP contribution in [-0.2, 0) is 0 Å². The minimum Gasteiger partial charge on any atom is -0.277 e. The van der Waals surface area contributed by atoms with E-state index >= 15 is 0 Å². The first-order chi connectivity index (χ1) is 7.76. The number of hydrogen-bond acceptors (Lipinski definition) is 3. The predicted molar refractivity (Wildman–Crippen MR) is 67.0 cm³/mol. The van der Waals surface area contributed by atoms with Crippen LogP contribution < -0.4 is 0 Å². The van der Waals surface area contributed by atoms with Gasteiger partial charge in [0.15, 0.2) is 0 Å². The normalized spacial score (nSPS) is 19.0. The fraction of sp³-hybridized carbons (Fsp3) is 0.833. The lowest BCUT2D eigenvalue weighted by Gasteiger charge is -2.38. The Hall–Kier alpha value is -0.580. The highest BCUT2D eigenvalue weighted by molar-refractivity contribution is 9.09. The molecule has 0 heterocycles. The van der Waals surface area contributed by atoms with Gasteiger partial charge < -0.3 is 0 Å². The first kappa shape index (κ1) is 13.5. The highest BCUT2D eigenvalue weighted by atomic mass is 79.9. The number of nitriles is 2. The van der Waals surface area contributed by atoms with Crippen molar-refractivity contribution in [2.75, 3.05) is 25.0 Å². The zero-order valence-electron chi connectivity index (χ0n) is 9.58. The molecule has 0 amide bonds. The van der Waals surface area contributed by atoms with Crippen molar-refractivity contribution in [3.05, 3.63) is 0 Å². The molecule has 1 aliphatic rings. The van der Waals surface area contributed by atoms with E-state index < -0.39 is 0 Å². The first-order valence-electron chi connectivity index (χ1n) is 5.78. The summed E-state index contributed by atoms with van der Waals surface area (Å²) in [7, 11) is 0. The Balaban J connectivity index is 2.59. The summed E-state index contributed by atoms with van der Waals surface area (Å²) < 4.78 is 0. The van der Waals surface area contributed by atoms with Gasteiger partial charge in [-0.25, -0.2) is 0 Å². The smallest absolute Gasteiger partial charge is 0.0874 e. The van der Waals surface area contributed by atoms with Crippen molar-refractivity contribution in [2.45, 2.75) is 32.1 Å². The maximum atomic E-state index is 8.74. The van der Waals surface area contributed by atoms with Crippen LogP contribution in [-0.4, -0.2) is 29.9 Å². The van der Waals surface area contributed by atoms with Gasteiger partial charge in [0, 0.05) is 11.9 Å². The maximum Gasteiger partial charge on any atom is 0.0874 e. The molecule has 0 radical (unpaired) electrons. The van der Waals surface area contributed by atoms with E-state index in [-0.39, 0.29) is 5.41 Å². The van der Waals surface area contributed by atoms with Crippen LogP contribution in [0.3, 0.4) is 0 Å². The van der Waals surface area contributed by atoms with Gasteiger partial charge in [0.1, 0.15) is 0 Å². The Morgan fingerprint density at radius 2 is 1.62 bits per heavy atom. The quantitative estimate of drug-likeness (QED) is 0.576. The molecule has 0 N–H and O–H groups in total. The van der Waals surface area contributed by atoms with Crippen LogP contribution in [0.2, 0.25) is 0 Å². The van der Waals surface area contributed by atoms with E-state index in [4.69, 9.17) is 10.5 Å². The summed E-state index contributed by atoms with van der Waals surface area (Å²) in [6.07, 6.45) is 6.31. The average molecular weight is 284 g/mol. The molecule has 0 bridgehead atoms. The van der Waals surface area contributed by atoms with E-state index in [0.29, 0.717) is 13.1 Å². The number of nitrogens with zero attached hydrogens (tertiary/aromatic N) is 3. The number of alkyl halides is 1. The molecule has 3 nitrogen and oxygen atoms in total. The van der Waals surface area contributed by atoms with Crippen molar-refractivity contribution in [1.82, 2.24) is 4.90 Å². The summed E-state index contributed by atoms with van der Waals surface area (Å²) in [5.41, 5.74) is 0.284. The molecule has 4 heteroatoms. The van der Waals surface area contributed by atoms with Gasteiger partial charge in [-0.1, -0.05) is 35.2 Å². The van der Waals surface area contributed by atoms with Crippen LogP contribution in [0.1, 0.15) is 32.1 Å². The highest BCUT2D eigenvalue weighted by Crippen LogP contribution is 2.38. The molecule has 0 spiro atoms. The van der Waals surface area contributed by atoms with E-state index in [1.54, 1.807) is 0 Å². The van der Waals surface area contributed by atoms with Crippen molar-refractivity contribution in [3.63, 3.8) is 0 Å². The van der Waals surface area contributed by atoms with Gasteiger partial charge in [0.25, 0.3) is 0 Å². The molecule has 1 aliphatic carbocycles.